The summed E-state index contributed by atoms with van der Waals surface area (Å²) in [6.07, 6.45) is -17.0. The number of hydrogen-bond acceptors (Lipinski definition) is 15. The molecule has 11 atom stereocenters. The van der Waals surface area contributed by atoms with Gasteiger partial charge in [-0.3, -0.25) is 4.79 Å². The Labute approximate surface area is 233 Å². The molecule has 0 saturated carbocycles. The predicted octanol–water partition coefficient (Wildman–Crippen LogP) is -4.98. The van der Waals surface area contributed by atoms with Crippen LogP contribution in [-0.4, -0.2) is 152 Å². The van der Waals surface area contributed by atoms with Crippen LogP contribution in [0.4, 0.5) is 0 Å². The van der Waals surface area contributed by atoms with Crippen LogP contribution in [0.25, 0.3) is 0 Å². The van der Waals surface area contributed by atoms with Crippen molar-refractivity contribution in [2.24, 2.45) is 0 Å². The van der Waals surface area contributed by atoms with Gasteiger partial charge in [0.1, 0.15) is 60.8 Å². The normalized spacial score (nSPS) is 35.2. The number of carboxylic acid groups (broad SMARTS) is 1. The topological polar surface area (TPSA) is 274 Å². The van der Waals surface area contributed by atoms with Gasteiger partial charge in [0, 0.05) is 6.42 Å². The van der Waals surface area contributed by atoms with Gasteiger partial charge < -0.3 is 75.0 Å². The molecule has 0 spiro atoms. The summed E-state index contributed by atoms with van der Waals surface area (Å²) in [5.41, 5.74) is 0. The average molecular weight is 594 g/mol. The molecular formula is C24H35NO16. The third-order valence-corrected chi connectivity index (χ3v) is 6.75. The number of aliphatic carboxylic acids is 1. The van der Waals surface area contributed by atoms with Crippen LogP contribution in [0.1, 0.15) is 6.42 Å². The van der Waals surface area contributed by atoms with Crippen LogP contribution in [0.15, 0.2) is 24.3 Å². The van der Waals surface area contributed by atoms with Gasteiger partial charge in [0.2, 0.25) is 12.2 Å². The molecule has 2 saturated heterocycles. The lowest BCUT2D eigenvalue weighted by Crippen LogP contribution is -2.68. The molecule has 17 nitrogen and oxygen atoms in total. The second kappa shape index (κ2) is 14.0. The second-order valence-corrected chi connectivity index (χ2v) is 9.52. The van der Waals surface area contributed by atoms with E-state index in [4.69, 9.17) is 28.8 Å². The van der Waals surface area contributed by atoms with Gasteiger partial charge in [0.05, 0.1) is 32.5 Å². The van der Waals surface area contributed by atoms with E-state index in [2.05, 4.69) is 5.32 Å². The van der Waals surface area contributed by atoms with Gasteiger partial charge in [0.25, 0.3) is 5.79 Å². The van der Waals surface area contributed by atoms with E-state index < -0.39 is 105 Å². The van der Waals surface area contributed by atoms with Gasteiger partial charge >= 0.3 is 5.97 Å². The molecule has 2 aliphatic rings. The lowest BCUT2D eigenvalue weighted by Gasteiger charge is -2.47. The zero-order valence-corrected chi connectivity index (χ0v) is 21.8. The molecule has 2 fully saturated rings. The van der Waals surface area contributed by atoms with E-state index in [0.29, 0.717) is 5.75 Å². The maximum atomic E-state index is 12.3. The Morgan fingerprint density at radius 3 is 2.24 bits per heavy atom. The SMILES string of the molecule is COc1ccc(OC2OC(COC3(C(=O)O)CC(O)C(NC(=O)CO)C([C@H](O)[C@H](O)CO)O3)C(O)C(O)C2O)cc1. The fourth-order valence-corrected chi connectivity index (χ4v) is 4.43. The lowest BCUT2D eigenvalue weighted by molar-refractivity contribution is -0.332. The summed E-state index contributed by atoms with van der Waals surface area (Å²) in [6, 6.07) is 4.50. The third-order valence-electron chi connectivity index (χ3n) is 6.75. The number of carbonyl (C=O) groups excluding carboxylic acids is 1. The number of carboxylic acids is 1. The number of amides is 1. The zero-order valence-electron chi connectivity index (χ0n) is 21.8. The maximum absolute atomic E-state index is 12.3. The summed E-state index contributed by atoms with van der Waals surface area (Å²) in [5, 5.41) is 92.8. The first-order chi connectivity index (χ1) is 19.4. The summed E-state index contributed by atoms with van der Waals surface area (Å²) in [4.78, 5) is 24.1. The van der Waals surface area contributed by atoms with Crippen molar-refractivity contribution in [1.82, 2.24) is 5.32 Å². The molecule has 0 aliphatic carbocycles. The predicted molar refractivity (Wildman–Crippen MR) is 130 cm³/mol. The second-order valence-electron chi connectivity index (χ2n) is 9.52. The van der Waals surface area contributed by atoms with Crippen LogP contribution in [0.3, 0.4) is 0 Å². The van der Waals surface area contributed by atoms with Crippen LogP contribution in [0.5, 0.6) is 11.5 Å². The van der Waals surface area contributed by atoms with Gasteiger partial charge in [-0.05, 0) is 24.3 Å². The highest BCUT2D eigenvalue weighted by Gasteiger charge is 2.57. The van der Waals surface area contributed by atoms with Gasteiger partial charge in [-0.15, -0.1) is 0 Å². The smallest absolute Gasteiger partial charge is 0.364 e. The van der Waals surface area contributed by atoms with Gasteiger partial charge in [0.15, 0.2) is 0 Å². The first-order valence-electron chi connectivity index (χ1n) is 12.5. The monoisotopic (exact) mass is 593 g/mol. The largest absolute Gasteiger partial charge is 0.497 e. The van der Waals surface area contributed by atoms with E-state index in [1.54, 1.807) is 12.1 Å². The quantitative estimate of drug-likeness (QED) is 0.109. The van der Waals surface area contributed by atoms with E-state index >= 15 is 0 Å². The summed E-state index contributed by atoms with van der Waals surface area (Å²) in [5.74, 6) is -4.92. The van der Waals surface area contributed by atoms with Crippen LogP contribution in [0.2, 0.25) is 0 Å². The van der Waals surface area contributed by atoms with Crippen LogP contribution in [-0.2, 0) is 23.8 Å². The fraction of sp³-hybridized carbons (Fsp3) is 0.667. The summed E-state index contributed by atoms with van der Waals surface area (Å²) >= 11 is 0. The van der Waals surface area contributed by atoms with Gasteiger partial charge in [-0.2, -0.15) is 0 Å². The van der Waals surface area contributed by atoms with Crippen molar-refractivity contribution in [2.75, 3.05) is 26.9 Å². The zero-order chi connectivity index (χ0) is 30.5. The standard InChI is InChI=1S/C24H35NO16/c1-37-10-2-4-11(5-3-10)39-22-20(34)19(33)18(32)14(40-22)9-38-24(23(35)36)6-12(28)16(25-15(30)8-27)21(41-24)17(31)13(29)7-26/h2-5,12-14,16-22,26-29,31-34H,6-9H2,1H3,(H,25,30)(H,35,36)/t12?,13-,14?,16?,17-,18?,19?,20?,21?,22?,24?/m1/s1. The average Bonchev–Trinajstić information content (AvgIpc) is 2.97. The highest BCUT2D eigenvalue weighted by Crippen LogP contribution is 2.35. The first-order valence-corrected chi connectivity index (χ1v) is 12.5. The number of rotatable bonds is 12. The molecule has 2 aliphatic heterocycles. The van der Waals surface area contributed by atoms with Crippen LogP contribution >= 0.6 is 0 Å². The Bertz CT molecular complexity index is 1010. The minimum Gasteiger partial charge on any atom is -0.497 e. The fourth-order valence-electron chi connectivity index (χ4n) is 4.43. The van der Waals surface area contributed by atoms with E-state index in [1.807, 2.05) is 0 Å². The van der Waals surface area contributed by atoms with Crippen molar-refractivity contribution in [3.63, 3.8) is 0 Å². The molecule has 2 heterocycles. The van der Waals surface area contributed by atoms with E-state index in [-0.39, 0.29) is 5.75 Å². The Morgan fingerprint density at radius 1 is 1.05 bits per heavy atom. The van der Waals surface area contributed by atoms with Crippen molar-refractivity contribution < 1.29 is 79.2 Å². The van der Waals surface area contributed by atoms with Crippen molar-refractivity contribution in [1.29, 1.82) is 0 Å². The number of carbonyl (C=O) groups is 2. The molecule has 1 aromatic rings. The number of benzene rings is 1. The molecule has 10 N–H and O–H groups in total. The molecule has 17 heteroatoms. The van der Waals surface area contributed by atoms with E-state index in [9.17, 15) is 50.4 Å². The summed E-state index contributed by atoms with van der Waals surface area (Å²) in [7, 11) is 1.45. The molecule has 232 valence electrons. The number of ether oxygens (including phenoxy) is 5. The molecular weight excluding hydrogens is 558 g/mol. The Kier molecular flexibility index (Phi) is 11.2. The molecule has 3 rings (SSSR count). The summed E-state index contributed by atoms with van der Waals surface area (Å²) in [6.45, 7) is -2.86. The summed E-state index contributed by atoms with van der Waals surface area (Å²) < 4.78 is 27.1. The first kappa shape index (κ1) is 32.8. The Balaban J connectivity index is 1.81. The molecule has 0 radical (unpaired) electrons. The lowest BCUT2D eigenvalue weighted by atomic mass is 9.88. The highest BCUT2D eigenvalue weighted by atomic mass is 16.7. The minimum atomic E-state index is -2.77. The number of hydrogen-bond donors (Lipinski definition) is 10. The Morgan fingerprint density at radius 2 is 1.68 bits per heavy atom. The number of nitrogens with one attached hydrogen (secondary N) is 1. The molecule has 0 bridgehead atoms. The highest BCUT2D eigenvalue weighted by molar-refractivity contribution is 5.78. The van der Waals surface area contributed by atoms with Crippen molar-refractivity contribution in [3.8, 4) is 11.5 Å². The van der Waals surface area contributed by atoms with Gasteiger partial charge in [-0.1, -0.05) is 0 Å². The van der Waals surface area contributed by atoms with E-state index in [0.717, 1.165) is 0 Å². The van der Waals surface area contributed by atoms with E-state index in [1.165, 1.54) is 19.2 Å². The van der Waals surface area contributed by atoms with Crippen LogP contribution < -0.4 is 14.8 Å². The number of methoxy groups -OCH3 is 1. The van der Waals surface area contributed by atoms with Crippen molar-refractivity contribution in [2.45, 2.75) is 73.4 Å². The minimum absolute atomic E-state index is 0.189. The molecule has 9 unspecified atom stereocenters. The Hall–Kier alpha value is -2.68. The third kappa shape index (κ3) is 7.40. The molecule has 1 aromatic carbocycles. The molecule has 1 amide bonds. The molecule has 0 aromatic heterocycles. The van der Waals surface area contributed by atoms with Crippen molar-refractivity contribution >= 4 is 11.9 Å². The maximum Gasteiger partial charge on any atom is 0.364 e. The number of aliphatic hydroxyl groups is 8. The van der Waals surface area contributed by atoms with Gasteiger partial charge in [-0.25, -0.2) is 4.79 Å². The molecule has 41 heavy (non-hydrogen) atoms. The number of aliphatic hydroxyl groups excluding tert-OH is 8. The van der Waals surface area contributed by atoms with Crippen LogP contribution in [0, 0.1) is 0 Å². The van der Waals surface area contributed by atoms with Crippen molar-refractivity contribution in [3.05, 3.63) is 24.3 Å².